The SMILES string of the molecule is Cn1cc(/C=C2/Cc3cc(Br)ccc3O2)c2c(-c3ccccc3)ccnc21. The molecule has 1 aliphatic rings. The molecule has 27 heavy (non-hydrogen) atoms. The number of hydrogen-bond acceptors (Lipinski definition) is 2. The summed E-state index contributed by atoms with van der Waals surface area (Å²) in [7, 11) is 2.04. The van der Waals surface area contributed by atoms with E-state index in [1.807, 2.05) is 31.4 Å². The molecule has 132 valence electrons. The molecule has 5 rings (SSSR count). The van der Waals surface area contributed by atoms with E-state index in [1.54, 1.807) is 0 Å². The smallest absolute Gasteiger partial charge is 0.140 e. The van der Waals surface area contributed by atoms with Gasteiger partial charge in [-0.3, -0.25) is 0 Å². The van der Waals surface area contributed by atoms with Crippen molar-refractivity contribution in [1.29, 1.82) is 0 Å². The molecule has 2 aromatic heterocycles. The van der Waals surface area contributed by atoms with E-state index in [-0.39, 0.29) is 0 Å². The summed E-state index contributed by atoms with van der Waals surface area (Å²) in [5, 5.41) is 1.15. The molecule has 0 amide bonds. The number of aryl methyl sites for hydroxylation is 1. The van der Waals surface area contributed by atoms with E-state index < -0.39 is 0 Å². The maximum atomic E-state index is 6.08. The third kappa shape index (κ3) is 2.86. The first-order valence-corrected chi connectivity index (χ1v) is 9.64. The van der Waals surface area contributed by atoms with Crippen molar-refractivity contribution in [3.05, 3.63) is 88.3 Å². The number of halogens is 1. The molecule has 0 fully saturated rings. The van der Waals surface area contributed by atoms with Gasteiger partial charge in [0.2, 0.25) is 0 Å². The predicted octanol–water partition coefficient (Wildman–Crippen LogP) is 5.98. The van der Waals surface area contributed by atoms with Crippen LogP contribution in [0.15, 0.2) is 77.2 Å². The maximum Gasteiger partial charge on any atom is 0.140 e. The number of rotatable bonds is 2. The Kier molecular flexibility index (Phi) is 3.87. The summed E-state index contributed by atoms with van der Waals surface area (Å²) >= 11 is 3.54. The van der Waals surface area contributed by atoms with Gasteiger partial charge in [0.05, 0.1) is 0 Å². The average Bonchev–Trinajstić information content (AvgIpc) is 3.23. The van der Waals surface area contributed by atoms with Crippen LogP contribution in [-0.2, 0) is 13.5 Å². The Morgan fingerprint density at radius 1 is 1.11 bits per heavy atom. The van der Waals surface area contributed by atoms with Crippen LogP contribution < -0.4 is 4.74 Å². The minimum absolute atomic E-state index is 0.798. The third-order valence-electron chi connectivity index (χ3n) is 4.92. The lowest BCUT2D eigenvalue weighted by Gasteiger charge is -2.05. The molecule has 0 spiro atoms. The number of benzene rings is 2. The molecule has 0 N–H and O–H groups in total. The second-order valence-corrected chi connectivity index (χ2v) is 7.68. The Balaban J connectivity index is 1.65. The van der Waals surface area contributed by atoms with Crippen LogP contribution in [0.25, 0.3) is 28.2 Å². The Hall–Kier alpha value is -2.85. The zero-order valence-corrected chi connectivity index (χ0v) is 16.4. The van der Waals surface area contributed by atoms with E-state index in [2.05, 4.69) is 74.2 Å². The van der Waals surface area contributed by atoms with Crippen LogP contribution >= 0.6 is 15.9 Å². The van der Waals surface area contributed by atoms with Crippen LogP contribution in [0.4, 0.5) is 0 Å². The highest BCUT2D eigenvalue weighted by atomic mass is 79.9. The number of hydrogen-bond donors (Lipinski definition) is 0. The highest BCUT2D eigenvalue weighted by Crippen LogP contribution is 2.36. The second kappa shape index (κ2) is 6.39. The first-order valence-electron chi connectivity index (χ1n) is 8.85. The third-order valence-corrected chi connectivity index (χ3v) is 5.41. The molecule has 0 unspecified atom stereocenters. The van der Waals surface area contributed by atoms with Crippen molar-refractivity contribution in [2.24, 2.45) is 7.05 Å². The monoisotopic (exact) mass is 416 g/mol. The number of fused-ring (bicyclic) bond motifs is 2. The summed E-state index contributed by atoms with van der Waals surface area (Å²) in [5.74, 6) is 1.89. The minimum atomic E-state index is 0.798. The van der Waals surface area contributed by atoms with Gasteiger partial charge in [0.15, 0.2) is 0 Å². The normalized spacial score (nSPS) is 14.5. The summed E-state index contributed by atoms with van der Waals surface area (Å²) in [6.07, 6.45) is 6.94. The number of allylic oxidation sites excluding steroid dienone is 1. The molecule has 3 nitrogen and oxygen atoms in total. The summed E-state index contributed by atoms with van der Waals surface area (Å²) in [6, 6.07) is 18.7. The van der Waals surface area contributed by atoms with E-state index in [1.165, 1.54) is 16.7 Å². The lowest BCUT2D eigenvalue weighted by molar-refractivity contribution is 0.451. The van der Waals surface area contributed by atoms with E-state index in [0.717, 1.165) is 39.0 Å². The number of aromatic nitrogens is 2. The van der Waals surface area contributed by atoms with Crippen LogP contribution in [-0.4, -0.2) is 9.55 Å². The van der Waals surface area contributed by atoms with Gasteiger partial charge in [0.1, 0.15) is 17.2 Å². The Morgan fingerprint density at radius 3 is 2.81 bits per heavy atom. The fourth-order valence-electron chi connectivity index (χ4n) is 3.71. The van der Waals surface area contributed by atoms with E-state index in [4.69, 9.17) is 4.74 Å². The number of ether oxygens (including phenoxy) is 1. The van der Waals surface area contributed by atoms with Crippen molar-refractivity contribution >= 4 is 33.0 Å². The first-order chi connectivity index (χ1) is 13.2. The zero-order chi connectivity index (χ0) is 18.4. The van der Waals surface area contributed by atoms with Gasteiger partial charge in [-0.15, -0.1) is 0 Å². The first kappa shape index (κ1) is 16.3. The highest BCUT2D eigenvalue weighted by molar-refractivity contribution is 9.10. The zero-order valence-electron chi connectivity index (χ0n) is 14.8. The highest BCUT2D eigenvalue weighted by Gasteiger charge is 2.19. The van der Waals surface area contributed by atoms with Gasteiger partial charge in [0, 0.05) is 46.8 Å². The molecular formula is C23H17BrN2O. The maximum absolute atomic E-state index is 6.08. The van der Waals surface area contributed by atoms with Gasteiger partial charge >= 0.3 is 0 Å². The lowest BCUT2D eigenvalue weighted by Crippen LogP contribution is -1.89. The van der Waals surface area contributed by atoms with Crippen molar-refractivity contribution in [3.63, 3.8) is 0 Å². The van der Waals surface area contributed by atoms with Crippen LogP contribution in [0, 0.1) is 0 Å². The second-order valence-electron chi connectivity index (χ2n) is 6.76. The molecule has 4 heteroatoms. The van der Waals surface area contributed by atoms with E-state index >= 15 is 0 Å². The number of pyridine rings is 1. The molecule has 0 saturated carbocycles. The molecule has 0 bridgehead atoms. The molecule has 0 atom stereocenters. The van der Waals surface area contributed by atoms with Gasteiger partial charge in [0.25, 0.3) is 0 Å². The van der Waals surface area contributed by atoms with Crippen molar-refractivity contribution in [3.8, 4) is 16.9 Å². The quantitative estimate of drug-likeness (QED) is 0.401. The van der Waals surface area contributed by atoms with Crippen molar-refractivity contribution < 1.29 is 4.74 Å². The molecule has 0 aliphatic carbocycles. The van der Waals surface area contributed by atoms with Crippen molar-refractivity contribution in [2.45, 2.75) is 6.42 Å². The van der Waals surface area contributed by atoms with Crippen molar-refractivity contribution in [2.75, 3.05) is 0 Å². The molecule has 4 aromatic rings. The van der Waals surface area contributed by atoms with Gasteiger partial charge in [-0.2, -0.15) is 0 Å². The molecular weight excluding hydrogens is 400 g/mol. The average molecular weight is 417 g/mol. The number of nitrogens with zero attached hydrogens (tertiary/aromatic N) is 2. The van der Waals surface area contributed by atoms with Gasteiger partial charge in [-0.25, -0.2) is 4.98 Å². The summed E-state index contributed by atoms with van der Waals surface area (Å²) in [4.78, 5) is 4.60. The lowest BCUT2D eigenvalue weighted by atomic mass is 10.0. The standard InChI is InChI=1S/C23H17BrN2O/c1-26-14-17(13-19-12-16-11-18(24)7-8-21(16)27-19)22-20(9-10-25-23(22)26)15-5-3-2-4-6-15/h2-11,13-14H,12H2,1H3/b19-13-. The van der Waals surface area contributed by atoms with E-state index in [9.17, 15) is 0 Å². The molecule has 3 heterocycles. The molecule has 0 radical (unpaired) electrons. The Morgan fingerprint density at radius 2 is 1.96 bits per heavy atom. The van der Waals surface area contributed by atoms with Crippen LogP contribution in [0.2, 0.25) is 0 Å². The molecule has 2 aromatic carbocycles. The topological polar surface area (TPSA) is 27.1 Å². The van der Waals surface area contributed by atoms with Crippen LogP contribution in [0.3, 0.4) is 0 Å². The largest absolute Gasteiger partial charge is 0.461 e. The Bertz CT molecular complexity index is 1190. The summed E-state index contributed by atoms with van der Waals surface area (Å²) < 4.78 is 9.23. The summed E-state index contributed by atoms with van der Waals surface area (Å²) in [5.41, 5.74) is 5.68. The minimum Gasteiger partial charge on any atom is -0.461 e. The van der Waals surface area contributed by atoms with E-state index in [0.29, 0.717) is 0 Å². The molecule has 0 saturated heterocycles. The molecule has 1 aliphatic heterocycles. The van der Waals surface area contributed by atoms with Gasteiger partial charge in [-0.05, 0) is 41.5 Å². The van der Waals surface area contributed by atoms with Crippen LogP contribution in [0.5, 0.6) is 5.75 Å². The van der Waals surface area contributed by atoms with Gasteiger partial charge in [-0.1, -0.05) is 46.3 Å². The fraction of sp³-hybridized carbons (Fsp3) is 0.0870. The van der Waals surface area contributed by atoms with Crippen molar-refractivity contribution in [1.82, 2.24) is 9.55 Å². The summed E-state index contributed by atoms with van der Waals surface area (Å²) in [6.45, 7) is 0. The van der Waals surface area contributed by atoms with Crippen LogP contribution in [0.1, 0.15) is 11.1 Å². The predicted molar refractivity (Wildman–Crippen MR) is 113 cm³/mol. The fourth-order valence-corrected chi connectivity index (χ4v) is 4.12. The van der Waals surface area contributed by atoms with Gasteiger partial charge < -0.3 is 9.30 Å². The Labute approximate surface area is 166 Å².